The fourth-order valence-electron chi connectivity index (χ4n) is 7.03. The maximum atomic E-state index is 12.0. The predicted octanol–water partition coefficient (Wildman–Crippen LogP) is 3.33. The average molecular weight is 417 g/mol. The number of aromatic nitrogens is 1. The smallest absolute Gasteiger partial charge is 0.407 e. The lowest BCUT2D eigenvalue weighted by Crippen LogP contribution is -2.61. The molecule has 1 aromatic rings. The molecule has 3 N–H and O–H groups in total. The molecule has 5 unspecified atom stereocenters. The lowest BCUT2D eigenvalue weighted by molar-refractivity contribution is -0.162. The highest BCUT2D eigenvalue weighted by atomic mass is 35.5. The molecule has 0 aromatic carbocycles. The van der Waals surface area contributed by atoms with Gasteiger partial charge in [-0.3, -0.25) is 0 Å². The molecule has 6 rings (SSSR count). The van der Waals surface area contributed by atoms with Crippen LogP contribution in [0.4, 0.5) is 10.6 Å². The van der Waals surface area contributed by atoms with Crippen LogP contribution in [-0.2, 0) is 0 Å². The van der Waals surface area contributed by atoms with Gasteiger partial charge in [0, 0.05) is 12.7 Å². The van der Waals surface area contributed by atoms with E-state index in [2.05, 4.69) is 10.3 Å². The van der Waals surface area contributed by atoms with Crippen molar-refractivity contribution in [1.82, 2.24) is 9.88 Å². The van der Waals surface area contributed by atoms with Gasteiger partial charge in [-0.1, -0.05) is 11.6 Å². The van der Waals surface area contributed by atoms with Gasteiger partial charge >= 0.3 is 6.09 Å². The molecule has 4 aliphatic carbocycles. The molecule has 1 aromatic heterocycles. The molecule has 29 heavy (non-hydrogen) atoms. The first-order valence-electron chi connectivity index (χ1n) is 10.4. The van der Waals surface area contributed by atoms with Gasteiger partial charge in [-0.15, -0.1) is 0 Å². The lowest BCUT2D eigenvalue weighted by atomic mass is 9.48. The Morgan fingerprint density at radius 2 is 2.07 bits per heavy atom. The first kappa shape index (κ1) is 19.0. The number of anilines is 1. The number of halogens is 1. The minimum Gasteiger partial charge on any atom is -0.465 e. The number of aliphatic hydroxyl groups is 1. The molecule has 4 saturated carbocycles. The molecule has 2 heterocycles. The summed E-state index contributed by atoms with van der Waals surface area (Å²) in [6, 6.07) is 3.37. The molecule has 0 radical (unpaired) electrons. The highest BCUT2D eigenvalue weighted by Gasteiger charge is 2.59. The number of pyridine rings is 1. The minimum absolute atomic E-state index is 0.0822. The van der Waals surface area contributed by atoms with E-state index in [0.717, 1.165) is 32.1 Å². The summed E-state index contributed by atoms with van der Waals surface area (Å²) in [7, 11) is 0. The number of rotatable bonds is 3. The van der Waals surface area contributed by atoms with Crippen molar-refractivity contribution in [2.24, 2.45) is 23.7 Å². The second-order valence-corrected chi connectivity index (χ2v) is 9.85. The van der Waals surface area contributed by atoms with Crippen LogP contribution in [-0.4, -0.2) is 50.4 Å². The van der Waals surface area contributed by atoms with Gasteiger partial charge in [0.05, 0.1) is 28.3 Å². The van der Waals surface area contributed by atoms with Crippen molar-refractivity contribution in [3.63, 3.8) is 0 Å². The van der Waals surface area contributed by atoms with Crippen molar-refractivity contribution in [1.29, 1.82) is 5.26 Å². The van der Waals surface area contributed by atoms with Crippen molar-refractivity contribution in [3.05, 3.63) is 22.8 Å². The number of amides is 1. The van der Waals surface area contributed by atoms with Crippen LogP contribution < -0.4 is 5.32 Å². The van der Waals surface area contributed by atoms with Crippen LogP contribution in [0, 0.1) is 35.0 Å². The van der Waals surface area contributed by atoms with Crippen LogP contribution in [0.2, 0.25) is 5.02 Å². The molecule has 4 bridgehead atoms. The lowest BCUT2D eigenvalue weighted by Gasteiger charge is -2.60. The number of nitrogens with one attached hydrogen (secondary N) is 1. The zero-order valence-corrected chi connectivity index (χ0v) is 16.8. The molecular weight excluding hydrogens is 392 g/mol. The van der Waals surface area contributed by atoms with Crippen LogP contribution >= 0.6 is 11.6 Å². The maximum absolute atomic E-state index is 12.0. The summed E-state index contributed by atoms with van der Waals surface area (Å²) in [5.41, 5.74) is -0.148. The molecule has 1 saturated heterocycles. The predicted molar refractivity (Wildman–Crippen MR) is 107 cm³/mol. The van der Waals surface area contributed by atoms with Gasteiger partial charge in [-0.2, -0.15) is 5.26 Å². The quantitative estimate of drug-likeness (QED) is 0.697. The second kappa shape index (κ2) is 6.75. The Labute approximate surface area is 174 Å². The van der Waals surface area contributed by atoms with Gasteiger partial charge in [-0.25, -0.2) is 9.78 Å². The van der Waals surface area contributed by atoms with E-state index in [1.54, 1.807) is 11.0 Å². The first-order valence-corrected chi connectivity index (χ1v) is 10.8. The van der Waals surface area contributed by atoms with Crippen LogP contribution in [0.1, 0.15) is 44.1 Å². The van der Waals surface area contributed by atoms with E-state index in [1.807, 2.05) is 6.07 Å². The van der Waals surface area contributed by atoms with Crippen LogP contribution in [0.25, 0.3) is 0 Å². The summed E-state index contributed by atoms with van der Waals surface area (Å²) in [6.07, 6.45) is 5.96. The third-order valence-corrected chi connectivity index (χ3v) is 7.99. The van der Waals surface area contributed by atoms with Crippen molar-refractivity contribution >= 4 is 23.5 Å². The van der Waals surface area contributed by atoms with Crippen molar-refractivity contribution in [2.45, 2.75) is 56.2 Å². The molecule has 1 aliphatic heterocycles. The molecule has 7 atom stereocenters. The Bertz CT molecular complexity index is 871. The third-order valence-electron chi connectivity index (χ3n) is 7.70. The Hall–Kier alpha value is -2.04. The zero-order chi connectivity index (χ0) is 20.3. The van der Waals surface area contributed by atoms with Crippen molar-refractivity contribution < 1.29 is 15.0 Å². The van der Waals surface area contributed by atoms with E-state index in [9.17, 15) is 15.0 Å². The van der Waals surface area contributed by atoms with Gasteiger partial charge in [0.15, 0.2) is 0 Å². The van der Waals surface area contributed by atoms with E-state index in [0.29, 0.717) is 47.1 Å². The molecule has 5 aliphatic rings. The highest BCUT2D eigenvalue weighted by molar-refractivity contribution is 6.33. The van der Waals surface area contributed by atoms with Gasteiger partial charge in [0.1, 0.15) is 11.9 Å². The van der Waals surface area contributed by atoms with E-state index in [1.165, 1.54) is 6.20 Å². The molecule has 1 amide bonds. The number of likely N-dealkylation sites (tertiary alicyclic amines) is 1. The number of nitriles is 1. The maximum Gasteiger partial charge on any atom is 0.407 e. The van der Waals surface area contributed by atoms with Crippen molar-refractivity contribution in [3.8, 4) is 6.07 Å². The van der Waals surface area contributed by atoms with Crippen LogP contribution in [0.3, 0.4) is 0 Å². The highest BCUT2D eigenvalue weighted by Crippen LogP contribution is 2.60. The summed E-state index contributed by atoms with van der Waals surface area (Å²) in [5.74, 6) is 2.06. The number of hydrogen-bond donors (Lipinski definition) is 3. The Kier molecular flexibility index (Phi) is 4.41. The average Bonchev–Trinajstić information content (AvgIpc) is 3.05. The monoisotopic (exact) mass is 416 g/mol. The first-order chi connectivity index (χ1) is 13.9. The fraction of sp³-hybridized carbons (Fsp3) is 0.667. The number of hydrogen-bond acceptors (Lipinski definition) is 5. The zero-order valence-electron chi connectivity index (χ0n) is 16.1. The summed E-state index contributed by atoms with van der Waals surface area (Å²) < 4.78 is 0. The van der Waals surface area contributed by atoms with Gasteiger partial charge in [0.2, 0.25) is 0 Å². The van der Waals surface area contributed by atoms with Gasteiger partial charge in [-0.05, 0) is 68.3 Å². The normalized spacial score (nSPS) is 40.1. The molecule has 154 valence electrons. The molecule has 8 heteroatoms. The van der Waals surface area contributed by atoms with E-state index in [4.69, 9.17) is 16.9 Å². The van der Waals surface area contributed by atoms with E-state index >= 15 is 0 Å². The van der Waals surface area contributed by atoms with Gasteiger partial charge < -0.3 is 20.4 Å². The summed E-state index contributed by atoms with van der Waals surface area (Å²) in [6.45, 7) is 0.481. The molecular formula is C21H25ClN4O3. The van der Waals surface area contributed by atoms with E-state index in [-0.39, 0.29) is 18.0 Å². The summed E-state index contributed by atoms with van der Waals surface area (Å²) in [5, 5.41) is 33.6. The largest absolute Gasteiger partial charge is 0.465 e. The van der Waals surface area contributed by atoms with Crippen LogP contribution in [0.15, 0.2) is 12.3 Å². The third kappa shape index (κ3) is 3.13. The molecule has 5 fully saturated rings. The summed E-state index contributed by atoms with van der Waals surface area (Å²) in [4.78, 5) is 17.9. The topological polar surface area (TPSA) is 109 Å². The fourth-order valence-corrected chi connectivity index (χ4v) is 7.25. The summed E-state index contributed by atoms with van der Waals surface area (Å²) >= 11 is 6.32. The Morgan fingerprint density at radius 1 is 1.34 bits per heavy atom. The Balaban J connectivity index is 1.44. The van der Waals surface area contributed by atoms with Crippen LogP contribution in [0.5, 0.6) is 0 Å². The Morgan fingerprint density at radius 3 is 2.66 bits per heavy atom. The van der Waals surface area contributed by atoms with Gasteiger partial charge in [0.25, 0.3) is 0 Å². The molecule has 7 nitrogen and oxygen atoms in total. The SMILES string of the molecule is N#Cc1cnc(NC2CCN(C(=O)O)[C@@H]2C2C3CC4C[C@H]2CC(O)(C4)C3)c(Cl)c1. The molecule has 0 spiro atoms. The number of carboxylic acid groups (broad SMARTS) is 1. The second-order valence-electron chi connectivity index (χ2n) is 9.44. The van der Waals surface area contributed by atoms with Crippen molar-refractivity contribution in [2.75, 3.05) is 11.9 Å². The number of carbonyl (C=O) groups is 1. The van der Waals surface area contributed by atoms with E-state index < -0.39 is 11.7 Å². The standard InChI is InChI=1S/C21H25ClN4O3/c22-15-5-12(9-23)10-24-19(15)25-16-1-2-26(20(27)28)18(16)17-13-3-11-4-14(17)8-21(29,6-11)7-13/h5,10-11,13-14,16-18,29H,1-4,6-8H2,(H,24,25)(H,27,28)/t11?,13-,14?,16?,17?,18-,21?/m0/s1. The number of nitrogens with zero attached hydrogens (tertiary/aromatic N) is 3. The minimum atomic E-state index is -0.884.